The summed E-state index contributed by atoms with van der Waals surface area (Å²) in [5, 5.41) is 13.6. The smallest absolute Gasteiger partial charge is 0.191 e. The van der Waals surface area contributed by atoms with Crippen LogP contribution < -0.4 is 10.6 Å². The van der Waals surface area contributed by atoms with E-state index in [-0.39, 0.29) is 0 Å². The summed E-state index contributed by atoms with van der Waals surface area (Å²) in [5.74, 6) is 3.11. The van der Waals surface area contributed by atoms with Crippen LogP contribution in [0.5, 0.6) is 0 Å². The number of aryl methyl sites for hydroxylation is 1. The molecular formula is C18H28N6OS. The van der Waals surface area contributed by atoms with E-state index in [2.05, 4.69) is 52.1 Å². The summed E-state index contributed by atoms with van der Waals surface area (Å²) in [4.78, 5) is 10.7. The lowest BCUT2D eigenvalue weighted by Crippen LogP contribution is -2.47. The van der Waals surface area contributed by atoms with Gasteiger partial charge in [0.1, 0.15) is 12.4 Å². The maximum absolute atomic E-state index is 5.13. The van der Waals surface area contributed by atoms with Crippen LogP contribution in [0.1, 0.15) is 42.7 Å². The second-order valence-electron chi connectivity index (χ2n) is 6.58. The Bertz CT molecular complexity index is 711. The van der Waals surface area contributed by atoms with Crippen LogP contribution in [0.3, 0.4) is 0 Å². The second kappa shape index (κ2) is 9.14. The lowest BCUT2D eigenvalue weighted by molar-refractivity contribution is 0.177. The fourth-order valence-electron chi connectivity index (χ4n) is 3.07. The van der Waals surface area contributed by atoms with Gasteiger partial charge in [-0.05, 0) is 24.8 Å². The molecule has 0 aliphatic carbocycles. The van der Waals surface area contributed by atoms with Gasteiger partial charge in [0.2, 0.25) is 0 Å². The Hall–Kier alpha value is -1.93. The monoisotopic (exact) mass is 376 g/mol. The van der Waals surface area contributed by atoms with Gasteiger partial charge in [0.15, 0.2) is 11.8 Å². The van der Waals surface area contributed by atoms with E-state index in [4.69, 9.17) is 9.73 Å². The molecule has 0 fully saturated rings. The van der Waals surface area contributed by atoms with Gasteiger partial charge in [-0.1, -0.05) is 13.0 Å². The zero-order chi connectivity index (χ0) is 18.4. The topological polar surface area (TPSA) is 76.4 Å². The summed E-state index contributed by atoms with van der Waals surface area (Å²) in [6.07, 6.45) is 1.94. The molecule has 2 aromatic heterocycles. The van der Waals surface area contributed by atoms with Gasteiger partial charge < -0.3 is 15.4 Å². The number of aromatic nitrogens is 3. The average Bonchev–Trinajstić information content (AvgIpc) is 3.29. The first-order valence-corrected chi connectivity index (χ1v) is 10.1. The first-order chi connectivity index (χ1) is 12.7. The number of nitrogens with zero attached hydrogens (tertiary/aromatic N) is 4. The number of methoxy groups -OCH3 is 1. The number of hydrogen-bond donors (Lipinski definition) is 2. The molecule has 0 spiro atoms. The number of fused-ring (bicyclic) bond motifs is 1. The summed E-state index contributed by atoms with van der Waals surface area (Å²) in [7, 11) is 1.67. The number of hydrogen-bond acceptors (Lipinski definition) is 5. The van der Waals surface area contributed by atoms with Crippen LogP contribution in [0.2, 0.25) is 0 Å². The molecule has 0 amide bonds. The van der Waals surface area contributed by atoms with Gasteiger partial charge in [0.25, 0.3) is 0 Å². The molecule has 1 aliphatic rings. The highest BCUT2D eigenvalue weighted by molar-refractivity contribution is 7.10. The number of nitrogens with one attached hydrogen (secondary N) is 2. The molecular weight excluding hydrogens is 348 g/mol. The van der Waals surface area contributed by atoms with Crippen LogP contribution in [-0.2, 0) is 24.3 Å². The molecule has 0 radical (unpaired) electrons. The molecule has 8 heteroatoms. The van der Waals surface area contributed by atoms with Crippen LogP contribution in [0, 0.1) is 0 Å². The summed E-state index contributed by atoms with van der Waals surface area (Å²) >= 11 is 1.79. The van der Waals surface area contributed by atoms with Gasteiger partial charge in [-0.3, -0.25) is 4.99 Å². The number of guanidine groups is 1. The van der Waals surface area contributed by atoms with Crippen LogP contribution >= 0.6 is 11.3 Å². The Morgan fingerprint density at radius 1 is 1.54 bits per heavy atom. The molecule has 0 bridgehead atoms. The Balaban J connectivity index is 1.59. The fourth-order valence-corrected chi connectivity index (χ4v) is 3.85. The van der Waals surface area contributed by atoms with E-state index in [0.29, 0.717) is 18.6 Å². The van der Waals surface area contributed by atoms with Crippen molar-refractivity contribution in [2.45, 2.75) is 51.8 Å². The minimum Gasteiger partial charge on any atom is -0.377 e. The molecule has 2 unspecified atom stereocenters. The molecule has 0 saturated carbocycles. The van der Waals surface area contributed by atoms with Gasteiger partial charge >= 0.3 is 0 Å². The van der Waals surface area contributed by atoms with E-state index in [1.54, 1.807) is 18.4 Å². The largest absolute Gasteiger partial charge is 0.377 e. The predicted octanol–water partition coefficient (Wildman–Crippen LogP) is 2.16. The molecule has 7 nitrogen and oxygen atoms in total. The summed E-state index contributed by atoms with van der Waals surface area (Å²) < 4.78 is 7.13. The third-order valence-electron chi connectivity index (χ3n) is 4.41. The lowest BCUT2D eigenvalue weighted by atomic mass is 10.1. The van der Waals surface area contributed by atoms with Gasteiger partial charge in [0, 0.05) is 36.9 Å². The molecule has 2 atom stereocenters. The normalized spacial score (nSPS) is 18.4. The average molecular weight is 377 g/mol. The molecule has 2 aromatic rings. The third-order valence-corrected chi connectivity index (χ3v) is 5.52. The zero-order valence-electron chi connectivity index (χ0n) is 15.7. The van der Waals surface area contributed by atoms with Gasteiger partial charge in [-0.25, -0.2) is 9.67 Å². The van der Waals surface area contributed by atoms with Crippen molar-refractivity contribution in [2.24, 2.45) is 4.99 Å². The predicted molar refractivity (Wildman–Crippen MR) is 105 cm³/mol. The lowest BCUT2D eigenvalue weighted by Gasteiger charge is -2.25. The molecule has 2 N–H and O–H groups in total. The van der Waals surface area contributed by atoms with Crippen molar-refractivity contribution < 1.29 is 4.74 Å². The highest BCUT2D eigenvalue weighted by atomic mass is 32.1. The van der Waals surface area contributed by atoms with Crippen molar-refractivity contribution in [1.82, 2.24) is 25.4 Å². The van der Waals surface area contributed by atoms with Crippen LogP contribution in [-0.4, -0.2) is 47.0 Å². The first kappa shape index (κ1) is 18.8. The van der Waals surface area contributed by atoms with E-state index in [1.807, 2.05) is 4.68 Å². The van der Waals surface area contributed by atoms with Gasteiger partial charge in [-0.2, -0.15) is 5.10 Å². The SMILES string of the molecule is CCNC(=NCC(C)c1cccs1)NC1CCc2nc(COC)nn2C1. The van der Waals surface area contributed by atoms with Gasteiger partial charge in [-0.15, -0.1) is 11.3 Å². The highest BCUT2D eigenvalue weighted by Crippen LogP contribution is 2.20. The number of rotatable bonds is 7. The van der Waals surface area contributed by atoms with Crippen molar-refractivity contribution in [1.29, 1.82) is 0 Å². The summed E-state index contributed by atoms with van der Waals surface area (Å²) in [5.41, 5.74) is 0. The summed E-state index contributed by atoms with van der Waals surface area (Å²) in [6.45, 7) is 7.19. The van der Waals surface area contributed by atoms with E-state index in [9.17, 15) is 0 Å². The van der Waals surface area contributed by atoms with Crippen molar-refractivity contribution in [2.75, 3.05) is 20.2 Å². The van der Waals surface area contributed by atoms with Crippen molar-refractivity contribution in [3.63, 3.8) is 0 Å². The molecule has 3 heterocycles. The quantitative estimate of drug-likeness (QED) is 0.572. The maximum atomic E-state index is 5.13. The Kier molecular flexibility index (Phi) is 6.62. The second-order valence-corrected chi connectivity index (χ2v) is 7.55. The number of ether oxygens (including phenoxy) is 1. The minimum absolute atomic E-state index is 0.300. The van der Waals surface area contributed by atoms with Crippen molar-refractivity contribution in [3.05, 3.63) is 34.0 Å². The van der Waals surface area contributed by atoms with Crippen LogP contribution in [0.15, 0.2) is 22.5 Å². The maximum Gasteiger partial charge on any atom is 0.191 e. The Morgan fingerprint density at radius 3 is 3.15 bits per heavy atom. The first-order valence-electron chi connectivity index (χ1n) is 9.19. The Morgan fingerprint density at radius 2 is 2.42 bits per heavy atom. The molecule has 26 heavy (non-hydrogen) atoms. The fraction of sp³-hybridized carbons (Fsp3) is 0.611. The van der Waals surface area contributed by atoms with Gasteiger partial charge in [0.05, 0.1) is 13.1 Å². The summed E-state index contributed by atoms with van der Waals surface area (Å²) in [6, 6.07) is 4.57. The van der Waals surface area contributed by atoms with E-state index >= 15 is 0 Å². The number of thiophene rings is 1. The van der Waals surface area contributed by atoms with E-state index < -0.39 is 0 Å². The van der Waals surface area contributed by atoms with Crippen molar-refractivity contribution >= 4 is 17.3 Å². The zero-order valence-corrected chi connectivity index (χ0v) is 16.6. The number of aliphatic imine (C=N–C) groups is 1. The standard InChI is InChI=1S/C18H28N6OS/c1-4-19-18(20-10-13(2)15-6-5-9-26-15)21-14-7-8-17-22-16(12-25-3)23-24(17)11-14/h5-6,9,13-14H,4,7-8,10-12H2,1-3H3,(H2,19,20,21). The Labute approximate surface area is 158 Å². The van der Waals surface area contributed by atoms with E-state index in [1.165, 1.54) is 4.88 Å². The van der Waals surface area contributed by atoms with E-state index in [0.717, 1.165) is 50.1 Å². The van der Waals surface area contributed by atoms with Crippen molar-refractivity contribution in [3.8, 4) is 0 Å². The minimum atomic E-state index is 0.300. The molecule has 0 aromatic carbocycles. The molecule has 3 rings (SSSR count). The molecule has 1 aliphatic heterocycles. The van der Waals surface area contributed by atoms with Crippen LogP contribution in [0.25, 0.3) is 0 Å². The molecule has 142 valence electrons. The third kappa shape index (κ3) is 4.82. The highest BCUT2D eigenvalue weighted by Gasteiger charge is 2.22. The molecule has 0 saturated heterocycles. The van der Waals surface area contributed by atoms with Crippen LogP contribution in [0.4, 0.5) is 0 Å².